The number of amides is 2. The zero-order chi connectivity index (χ0) is 18.0. The molecule has 1 saturated heterocycles. The van der Waals surface area contributed by atoms with Crippen LogP contribution >= 0.6 is 11.3 Å². The molecule has 0 atom stereocenters. The number of likely N-dealkylation sites (N-methyl/N-ethyl adjacent to an activating group) is 1. The van der Waals surface area contributed by atoms with Gasteiger partial charge in [-0.2, -0.15) is 0 Å². The van der Waals surface area contributed by atoms with Crippen molar-refractivity contribution in [3.63, 3.8) is 0 Å². The van der Waals surface area contributed by atoms with E-state index in [1.165, 1.54) is 21.8 Å². The number of thiazole rings is 1. The van der Waals surface area contributed by atoms with Crippen LogP contribution in [-0.2, 0) is 4.79 Å². The summed E-state index contributed by atoms with van der Waals surface area (Å²) in [7, 11) is 1.66. The second-order valence-electron chi connectivity index (χ2n) is 6.61. The number of aromatic nitrogens is 1. The van der Waals surface area contributed by atoms with Crippen LogP contribution in [0.5, 0.6) is 0 Å². The van der Waals surface area contributed by atoms with Crippen molar-refractivity contribution in [2.75, 3.05) is 26.7 Å². The fourth-order valence-electron chi connectivity index (χ4n) is 3.09. The molecule has 1 aromatic carbocycles. The standard InChI is InChI=1S/C19H23N3O2S/c1-13-6-7-15(14(2)10-13)18-20-16(12-25-18)19(24)21(3)11-17(23)22-8-4-5-9-22/h6-7,10,12H,4-5,8-9,11H2,1-3H3. The van der Waals surface area contributed by atoms with Crippen molar-refractivity contribution < 1.29 is 9.59 Å². The number of aryl methyl sites for hydroxylation is 2. The Morgan fingerprint density at radius 1 is 1.24 bits per heavy atom. The third-order valence-corrected chi connectivity index (χ3v) is 5.39. The van der Waals surface area contributed by atoms with Crippen molar-refractivity contribution in [2.24, 2.45) is 0 Å². The van der Waals surface area contributed by atoms with Crippen molar-refractivity contribution in [3.8, 4) is 10.6 Å². The highest BCUT2D eigenvalue weighted by molar-refractivity contribution is 7.13. The number of carbonyl (C=O) groups is 2. The summed E-state index contributed by atoms with van der Waals surface area (Å²) in [4.78, 5) is 32.6. The van der Waals surface area contributed by atoms with Crippen LogP contribution in [0.25, 0.3) is 10.6 Å². The molecule has 2 aromatic rings. The first-order valence-corrected chi connectivity index (χ1v) is 9.40. The van der Waals surface area contributed by atoms with E-state index in [2.05, 4.69) is 18.0 Å². The van der Waals surface area contributed by atoms with E-state index in [9.17, 15) is 9.59 Å². The van der Waals surface area contributed by atoms with Gasteiger partial charge in [-0.1, -0.05) is 23.8 Å². The molecular weight excluding hydrogens is 334 g/mol. The Kier molecular flexibility index (Phi) is 5.18. The van der Waals surface area contributed by atoms with Gasteiger partial charge < -0.3 is 9.80 Å². The van der Waals surface area contributed by atoms with Gasteiger partial charge in [-0.05, 0) is 32.3 Å². The minimum atomic E-state index is -0.209. The van der Waals surface area contributed by atoms with Gasteiger partial charge in [0.2, 0.25) is 5.91 Å². The molecule has 0 aliphatic carbocycles. The van der Waals surface area contributed by atoms with Gasteiger partial charge in [0.1, 0.15) is 10.7 Å². The Hall–Kier alpha value is -2.21. The summed E-state index contributed by atoms with van der Waals surface area (Å²) >= 11 is 1.46. The Bertz CT molecular complexity index is 794. The van der Waals surface area contributed by atoms with E-state index in [0.29, 0.717) is 5.69 Å². The van der Waals surface area contributed by atoms with Gasteiger partial charge in [0.05, 0.1) is 6.54 Å². The molecule has 5 nitrogen and oxygen atoms in total. The van der Waals surface area contributed by atoms with Gasteiger partial charge in [-0.3, -0.25) is 9.59 Å². The lowest BCUT2D eigenvalue weighted by atomic mass is 10.1. The van der Waals surface area contributed by atoms with Crippen LogP contribution in [0.15, 0.2) is 23.6 Å². The molecule has 1 aliphatic heterocycles. The predicted molar refractivity (Wildman–Crippen MR) is 99.8 cm³/mol. The molecule has 0 bridgehead atoms. The highest BCUT2D eigenvalue weighted by atomic mass is 32.1. The largest absolute Gasteiger partial charge is 0.341 e. The third kappa shape index (κ3) is 3.90. The molecule has 6 heteroatoms. The average Bonchev–Trinajstić information content (AvgIpc) is 3.26. The van der Waals surface area contributed by atoms with E-state index in [1.807, 2.05) is 24.0 Å². The van der Waals surface area contributed by atoms with E-state index in [4.69, 9.17) is 0 Å². The number of rotatable bonds is 4. The van der Waals surface area contributed by atoms with E-state index in [-0.39, 0.29) is 18.4 Å². The van der Waals surface area contributed by atoms with Crippen LogP contribution in [0.2, 0.25) is 0 Å². The minimum Gasteiger partial charge on any atom is -0.341 e. The highest BCUT2D eigenvalue weighted by Gasteiger charge is 2.23. The number of nitrogens with zero attached hydrogens (tertiary/aromatic N) is 3. The second kappa shape index (κ2) is 7.35. The Morgan fingerprint density at radius 2 is 1.96 bits per heavy atom. The van der Waals surface area contributed by atoms with Crippen molar-refractivity contribution in [2.45, 2.75) is 26.7 Å². The summed E-state index contributed by atoms with van der Waals surface area (Å²) in [5.41, 5.74) is 3.79. The minimum absolute atomic E-state index is 0.0122. The lowest BCUT2D eigenvalue weighted by Crippen LogP contribution is -2.39. The fourth-order valence-corrected chi connectivity index (χ4v) is 3.97. The maximum absolute atomic E-state index is 12.6. The monoisotopic (exact) mass is 357 g/mol. The molecular formula is C19H23N3O2S. The quantitative estimate of drug-likeness (QED) is 0.845. The number of hydrogen-bond acceptors (Lipinski definition) is 4. The molecule has 0 spiro atoms. The number of benzene rings is 1. The molecule has 1 aromatic heterocycles. The SMILES string of the molecule is Cc1ccc(-c2nc(C(=O)N(C)CC(=O)N3CCCC3)cs2)c(C)c1. The normalized spacial score (nSPS) is 14.0. The van der Waals surface area contributed by atoms with Gasteiger partial charge in [0, 0.05) is 31.1 Å². The lowest BCUT2D eigenvalue weighted by molar-refractivity contribution is -0.130. The van der Waals surface area contributed by atoms with Crippen molar-refractivity contribution in [3.05, 3.63) is 40.4 Å². The van der Waals surface area contributed by atoms with Gasteiger partial charge in [-0.15, -0.1) is 11.3 Å². The third-order valence-electron chi connectivity index (χ3n) is 4.51. The van der Waals surface area contributed by atoms with Crippen LogP contribution < -0.4 is 0 Å². The summed E-state index contributed by atoms with van der Waals surface area (Å²) in [5, 5.41) is 2.61. The van der Waals surface area contributed by atoms with E-state index < -0.39 is 0 Å². The highest BCUT2D eigenvalue weighted by Crippen LogP contribution is 2.27. The van der Waals surface area contributed by atoms with Crippen molar-refractivity contribution in [1.29, 1.82) is 0 Å². The molecule has 0 N–H and O–H groups in total. The number of likely N-dealkylation sites (tertiary alicyclic amines) is 1. The summed E-state index contributed by atoms with van der Waals surface area (Å²) in [5.74, 6) is -0.196. The smallest absolute Gasteiger partial charge is 0.273 e. The summed E-state index contributed by atoms with van der Waals surface area (Å²) in [6.07, 6.45) is 2.10. The first-order valence-electron chi connectivity index (χ1n) is 8.52. The van der Waals surface area contributed by atoms with Crippen LogP contribution in [0.3, 0.4) is 0 Å². The van der Waals surface area contributed by atoms with Crippen LogP contribution in [0.1, 0.15) is 34.5 Å². The first kappa shape index (κ1) is 17.6. The molecule has 1 fully saturated rings. The maximum atomic E-state index is 12.6. The number of carbonyl (C=O) groups excluding carboxylic acids is 2. The molecule has 25 heavy (non-hydrogen) atoms. The first-order chi connectivity index (χ1) is 12.0. The van der Waals surface area contributed by atoms with Crippen LogP contribution in [0, 0.1) is 13.8 Å². The zero-order valence-corrected chi connectivity index (χ0v) is 15.7. The van der Waals surface area contributed by atoms with E-state index >= 15 is 0 Å². The number of hydrogen-bond donors (Lipinski definition) is 0. The second-order valence-corrected chi connectivity index (χ2v) is 7.46. The molecule has 1 aliphatic rings. The van der Waals surface area contributed by atoms with Gasteiger partial charge in [0.25, 0.3) is 5.91 Å². The summed E-state index contributed by atoms with van der Waals surface area (Å²) in [6.45, 7) is 5.81. The maximum Gasteiger partial charge on any atom is 0.273 e. The topological polar surface area (TPSA) is 53.5 Å². The van der Waals surface area contributed by atoms with Crippen LogP contribution in [-0.4, -0.2) is 53.3 Å². The summed E-state index contributed by atoms with van der Waals surface area (Å²) < 4.78 is 0. The molecule has 0 unspecified atom stereocenters. The van der Waals surface area contributed by atoms with E-state index in [0.717, 1.165) is 42.1 Å². The van der Waals surface area contributed by atoms with Crippen molar-refractivity contribution in [1.82, 2.24) is 14.8 Å². The lowest BCUT2D eigenvalue weighted by Gasteiger charge is -2.20. The van der Waals surface area contributed by atoms with Crippen LogP contribution in [0.4, 0.5) is 0 Å². The molecule has 0 radical (unpaired) electrons. The van der Waals surface area contributed by atoms with E-state index in [1.54, 1.807) is 12.4 Å². The Balaban J connectivity index is 1.70. The Morgan fingerprint density at radius 3 is 2.64 bits per heavy atom. The molecule has 132 valence electrons. The zero-order valence-electron chi connectivity index (χ0n) is 14.9. The predicted octanol–water partition coefficient (Wildman–Crippen LogP) is 3.12. The average molecular weight is 357 g/mol. The summed E-state index contributed by atoms with van der Waals surface area (Å²) in [6, 6.07) is 6.20. The van der Waals surface area contributed by atoms with Crippen molar-refractivity contribution >= 4 is 23.2 Å². The molecule has 2 amide bonds. The molecule has 2 heterocycles. The fraction of sp³-hybridized carbons (Fsp3) is 0.421. The van der Waals surface area contributed by atoms with Gasteiger partial charge >= 0.3 is 0 Å². The molecule has 3 rings (SSSR count). The van der Waals surface area contributed by atoms with Gasteiger partial charge in [0.15, 0.2) is 0 Å². The molecule has 0 saturated carbocycles. The Labute approximate surface area is 152 Å². The van der Waals surface area contributed by atoms with Gasteiger partial charge in [-0.25, -0.2) is 4.98 Å².